The van der Waals surface area contributed by atoms with Crippen molar-refractivity contribution in [1.82, 2.24) is 0 Å². The minimum atomic E-state index is -4.75. The van der Waals surface area contributed by atoms with Gasteiger partial charge >= 0.3 is 12.4 Å². The summed E-state index contributed by atoms with van der Waals surface area (Å²) < 4.78 is 133. The minimum absolute atomic E-state index is 0. The maximum atomic E-state index is 13.6. The number of nitrogens with zero attached hydrogens (tertiary/aromatic N) is 6. The molecule has 86 heavy (non-hydrogen) atoms. The van der Waals surface area contributed by atoms with Crippen LogP contribution < -0.4 is 14.7 Å². The van der Waals surface area contributed by atoms with Crippen molar-refractivity contribution in [1.29, 1.82) is 0 Å². The zero-order valence-corrected chi connectivity index (χ0v) is 46.5. The molecule has 0 radical (unpaired) electrons. The van der Waals surface area contributed by atoms with Gasteiger partial charge in [0.05, 0.1) is 50.5 Å². The molecule has 3 aliphatic heterocycles. The van der Waals surface area contributed by atoms with E-state index in [2.05, 4.69) is 14.5 Å². The van der Waals surface area contributed by atoms with E-state index in [1.165, 1.54) is 45.0 Å². The van der Waals surface area contributed by atoms with Crippen molar-refractivity contribution in [3.8, 4) is 0 Å². The number of halogens is 11. The van der Waals surface area contributed by atoms with Gasteiger partial charge < -0.3 is 30.0 Å². The Labute approximate surface area is 494 Å². The van der Waals surface area contributed by atoms with Gasteiger partial charge in [-0.1, -0.05) is 91.8 Å². The molecule has 3 aliphatic rings. The highest BCUT2D eigenvalue weighted by atomic mass is 35.5. The zero-order valence-electron chi connectivity index (χ0n) is 45.7. The van der Waals surface area contributed by atoms with Gasteiger partial charge in [0.2, 0.25) is 5.69 Å². The lowest BCUT2D eigenvalue weighted by molar-refractivity contribution is -0.137. The standard InChI is InChI=1S/C21H17F5N2O2.C21H19F3N2O2.C20H17ClF2N2O2.CH4/c1-20(30,11-28-6-5-13-9-15(22)16(23)10-18(13)28)19(29)8-12-3-4-17(27-2)14(7-12)21(24,25)26;1-20(28,13-26-10-9-15-5-3-4-6-18(15)26)19(27)12-14-7-8-17(25-2)16(11-14)21(22,23)24;1-20(27,19(26)8-12-3-4-17(24-2)14(21)7-12)11-25-6-5-13-9-15(22)16(23)10-18(13)25;/h3-4,7,9-10,30H,5-6,8,11H2,1H3;3-8,11,28H,9-10,12-13H2,1H3;3-4,7,9-10,27H,5-6,8,11H2,1H3;1H4/t3*20-;/m000./s1. The third-order valence-electron chi connectivity index (χ3n) is 14.7. The number of hydrogen-bond donors (Lipinski definition) is 3. The van der Waals surface area contributed by atoms with E-state index in [1.807, 2.05) is 29.2 Å². The van der Waals surface area contributed by atoms with Gasteiger partial charge in [-0.25, -0.2) is 32.1 Å². The summed E-state index contributed by atoms with van der Waals surface area (Å²) in [6, 6.07) is 22.9. The van der Waals surface area contributed by atoms with Crippen molar-refractivity contribution >= 4 is 63.1 Å². The van der Waals surface area contributed by atoms with Gasteiger partial charge in [-0.2, -0.15) is 26.3 Å². The number of fused-ring (bicyclic) bond motifs is 3. The topological polar surface area (TPSA) is 135 Å². The number of carbonyl (C=O) groups excluding carboxylic acids is 3. The molecule has 0 amide bonds. The van der Waals surface area contributed by atoms with Crippen molar-refractivity contribution in [3.05, 3.63) is 210 Å². The summed E-state index contributed by atoms with van der Waals surface area (Å²) in [6.07, 6.45) is -8.57. The first-order valence-corrected chi connectivity index (χ1v) is 26.5. The number of benzene rings is 6. The van der Waals surface area contributed by atoms with Crippen LogP contribution in [0.25, 0.3) is 14.5 Å². The number of anilines is 3. The lowest BCUT2D eigenvalue weighted by atomic mass is 9.93. The first-order valence-electron chi connectivity index (χ1n) is 26.1. The van der Waals surface area contributed by atoms with E-state index in [9.17, 15) is 73.6 Å². The minimum Gasteiger partial charge on any atom is -0.380 e. The number of ketones is 3. The average Bonchev–Trinajstić information content (AvgIpc) is 2.86. The van der Waals surface area contributed by atoms with Gasteiger partial charge in [-0.3, -0.25) is 14.4 Å². The number of alkyl halides is 6. The lowest BCUT2D eigenvalue weighted by Gasteiger charge is -2.29. The molecule has 0 bridgehead atoms. The van der Waals surface area contributed by atoms with E-state index in [0.29, 0.717) is 66.2 Å². The summed E-state index contributed by atoms with van der Waals surface area (Å²) >= 11 is 5.99. The second-order valence-corrected chi connectivity index (χ2v) is 21.8. The molecule has 0 saturated heterocycles. The average molecular weight is 1220 g/mol. The van der Waals surface area contributed by atoms with Crippen LogP contribution in [0.5, 0.6) is 0 Å². The Morgan fingerprint density at radius 1 is 0.477 bits per heavy atom. The molecule has 0 fully saturated rings. The number of hydrogen-bond acceptors (Lipinski definition) is 9. The number of carbonyl (C=O) groups is 3. The van der Waals surface area contributed by atoms with Crippen LogP contribution in [0.4, 0.5) is 78.0 Å². The molecular formula is C63H57ClF10N6O6. The number of Topliss-reactive ketones (excluding diaryl/α,β-unsaturated/α-hetero) is 3. The molecule has 0 unspecified atom stereocenters. The maximum absolute atomic E-state index is 13.6. The van der Waals surface area contributed by atoms with E-state index in [1.54, 1.807) is 15.9 Å². The normalized spacial score (nSPS) is 15.3. The Kier molecular flexibility index (Phi) is 20.6. The fourth-order valence-electron chi connectivity index (χ4n) is 10.1. The predicted molar refractivity (Wildman–Crippen MR) is 305 cm³/mol. The molecule has 23 heteroatoms. The molecule has 3 atom stereocenters. The summed E-state index contributed by atoms with van der Waals surface area (Å²) in [5, 5.41) is 32.3. The summed E-state index contributed by atoms with van der Waals surface area (Å²) in [5.74, 6) is -5.62. The SMILES string of the molecule is C.[C-]#[N+]c1ccc(CC(=O)[C@@](C)(O)CN2CCc3cc(F)c(F)cc32)cc1C(F)(F)F.[C-]#[N+]c1ccc(CC(=O)[C@@](C)(O)CN2CCc3cc(F)c(F)cc32)cc1Cl.[C-]#[N+]c1ccc(CC(=O)[C@@](C)(O)CN2CCc3ccccc32)cc1C(F)(F)F. The van der Waals surface area contributed by atoms with Crippen LogP contribution in [0, 0.1) is 43.0 Å². The van der Waals surface area contributed by atoms with Crippen molar-refractivity contribution < 1.29 is 73.6 Å². The Balaban J connectivity index is 0.000000205. The summed E-state index contributed by atoms with van der Waals surface area (Å²) in [7, 11) is 0. The number of aliphatic hydroxyl groups is 3. The Bertz CT molecular complexity index is 3700. The summed E-state index contributed by atoms with van der Waals surface area (Å²) in [6.45, 7) is 26.0. The number of β-amino-alcohol motifs (C(OH)–C–C–N with tert-alkyl or cyclic N) is 3. The first-order chi connectivity index (χ1) is 39.7. The molecule has 0 aliphatic carbocycles. The van der Waals surface area contributed by atoms with E-state index in [0.717, 1.165) is 66.2 Å². The molecule has 12 nitrogen and oxygen atoms in total. The first kappa shape index (κ1) is 66.8. The summed E-state index contributed by atoms with van der Waals surface area (Å²) in [4.78, 5) is 52.0. The molecule has 0 aromatic heterocycles. The second-order valence-electron chi connectivity index (χ2n) is 21.4. The largest absolute Gasteiger partial charge is 0.407 e. The van der Waals surface area contributed by atoms with Crippen LogP contribution in [0.15, 0.2) is 103 Å². The number of rotatable bonds is 15. The fourth-order valence-corrected chi connectivity index (χ4v) is 10.3. The Morgan fingerprint density at radius 3 is 1.16 bits per heavy atom. The monoisotopic (exact) mass is 1220 g/mol. The van der Waals surface area contributed by atoms with Crippen LogP contribution in [0.3, 0.4) is 0 Å². The van der Waals surface area contributed by atoms with Gasteiger partial charge in [0.25, 0.3) is 0 Å². The molecule has 6 aromatic rings. The molecule has 0 saturated carbocycles. The van der Waals surface area contributed by atoms with Crippen LogP contribution in [0.2, 0.25) is 5.02 Å². The maximum Gasteiger partial charge on any atom is 0.407 e. The Hall–Kier alpha value is -8.33. The van der Waals surface area contributed by atoms with E-state index < -0.39 is 98.7 Å². The van der Waals surface area contributed by atoms with E-state index in [4.69, 9.17) is 31.3 Å². The van der Waals surface area contributed by atoms with Gasteiger partial charge in [0.15, 0.2) is 52.0 Å². The summed E-state index contributed by atoms with van der Waals surface area (Å²) in [5.41, 5.74) is -3.49. The van der Waals surface area contributed by atoms with Crippen molar-refractivity contribution in [3.63, 3.8) is 0 Å². The molecule has 3 N–H and O–H groups in total. The second kappa shape index (κ2) is 26.5. The molecule has 9 rings (SSSR count). The molecule has 6 aromatic carbocycles. The van der Waals surface area contributed by atoms with E-state index >= 15 is 0 Å². The smallest absolute Gasteiger partial charge is 0.380 e. The zero-order chi connectivity index (χ0) is 62.6. The van der Waals surface area contributed by atoms with Crippen molar-refractivity contribution in [2.75, 3.05) is 54.0 Å². The van der Waals surface area contributed by atoms with Gasteiger partial charge in [0, 0.05) is 73.1 Å². The third-order valence-corrected chi connectivity index (χ3v) is 15.0. The highest BCUT2D eigenvalue weighted by Gasteiger charge is 2.40. The van der Waals surface area contributed by atoms with Crippen LogP contribution in [-0.4, -0.2) is 88.7 Å². The van der Waals surface area contributed by atoms with Gasteiger partial charge in [0.1, 0.15) is 16.8 Å². The predicted octanol–water partition coefficient (Wildman–Crippen LogP) is 13.4. The molecular weight excluding hydrogens is 1160 g/mol. The van der Waals surface area contributed by atoms with E-state index in [-0.39, 0.29) is 56.1 Å². The fraction of sp³-hybridized carbons (Fsp3) is 0.333. The van der Waals surface area contributed by atoms with Crippen LogP contribution in [-0.2, 0) is 65.3 Å². The molecule has 3 heterocycles. The van der Waals surface area contributed by atoms with Gasteiger partial charge in [-0.05, 0) is 91.6 Å². The number of para-hydroxylation sites is 1. The van der Waals surface area contributed by atoms with Crippen LogP contribution >= 0.6 is 11.6 Å². The highest BCUT2D eigenvalue weighted by molar-refractivity contribution is 6.33. The highest BCUT2D eigenvalue weighted by Crippen LogP contribution is 2.40. The van der Waals surface area contributed by atoms with Crippen LogP contribution in [0.1, 0.15) is 72.7 Å². The van der Waals surface area contributed by atoms with Crippen molar-refractivity contribution in [2.45, 2.75) is 95.9 Å². The Morgan fingerprint density at radius 2 is 0.802 bits per heavy atom. The lowest BCUT2D eigenvalue weighted by Crippen LogP contribution is -2.47. The molecule has 452 valence electrons. The van der Waals surface area contributed by atoms with Crippen molar-refractivity contribution in [2.24, 2.45) is 0 Å². The van der Waals surface area contributed by atoms with Gasteiger partial charge in [-0.15, -0.1) is 0 Å². The third kappa shape index (κ3) is 15.7. The quantitative estimate of drug-likeness (QED) is 0.0678. The molecule has 0 spiro atoms.